The fraction of sp³-hybridized carbons (Fsp3) is 0.619. The molecule has 2 aliphatic heterocycles. The first-order valence-corrected chi connectivity index (χ1v) is 10.1. The van der Waals surface area contributed by atoms with Gasteiger partial charge in [0.05, 0.1) is 0 Å². The summed E-state index contributed by atoms with van der Waals surface area (Å²) in [7, 11) is 0. The molecule has 5 nitrogen and oxygen atoms in total. The van der Waals surface area contributed by atoms with Crippen molar-refractivity contribution in [2.24, 2.45) is 17.8 Å². The van der Waals surface area contributed by atoms with E-state index in [-0.39, 0.29) is 11.9 Å². The van der Waals surface area contributed by atoms with Crippen LogP contribution in [0.5, 0.6) is 0 Å². The largest absolute Gasteiger partial charge is 0.349 e. The van der Waals surface area contributed by atoms with Crippen LogP contribution in [0.2, 0.25) is 0 Å². The maximum atomic E-state index is 12.9. The van der Waals surface area contributed by atoms with Crippen molar-refractivity contribution in [3.8, 4) is 0 Å². The number of hydrogen-bond donors (Lipinski definition) is 2. The number of fused-ring (bicyclic) bond motifs is 1. The molecule has 138 valence electrons. The minimum absolute atomic E-state index is 0.0223. The predicted octanol–water partition coefficient (Wildman–Crippen LogP) is 3.62. The lowest BCUT2D eigenvalue weighted by molar-refractivity contribution is 0.0951. The Hall–Kier alpha value is -2.04. The summed E-state index contributed by atoms with van der Waals surface area (Å²) in [6.07, 6.45) is 8.52. The van der Waals surface area contributed by atoms with E-state index in [2.05, 4.69) is 15.5 Å². The molecule has 2 N–H and O–H groups in total. The van der Waals surface area contributed by atoms with Crippen molar-refractivity contribution in [1.29, 1.82) is 0 Å². The third-order valence-corrected chi connectivity index (χ3v) is 6.68. The predicted molar refractivity (Wildman–Crippen MR) is 100.0 cm³/mol. The first-order valence-electron chi connectivity index (χ1n) is 10.1. The summed E-state index contributed by atoms with van der Waals surface area (Å²) in [4.78, 5) is 27.1. The number of nitrogens with zero attached hydrogens (tertiary/aromatic N) is 1. The lowest BCUT2D eigenvalue weighted by Crippen LogP contribution is -2.44. The maximum Gasteiger partial charge on any atom is 0.322 e. The Morgan fingerprint density at radius 3 is 2.19 bits per heavy atom. The summed E-state index contributed by atoms with van der Waals surface area (Å²) in [5.74, 6) is 2.33. The topological polar surface area (TPSA) is 61.4 Å². The van der Waals surface area contributed by atoms with Gasteiger partial charge in [0.25, 0.3) is 5.91 Å². The van der Waals surface area contributed by atoms with Gasteiger partial charge in [-0.2, -0.15) is 0 Å². The lowest BCUT2D eigenvalue weighted by Gasteiger charge is -2.38. The molecule has 5 fully saturated rings. The van der Waals surface area contributed by atoms with Gasteiger partial charge in [-0.05, 0) is 87.0 Å². The van der Waals surface area contributed by atoms with Crippen LogP contribution in [-0.4, -0.2) is 35.5 Å². The number of benzene rings is 1. The molecule has 3 aliphatic carbocycles. The maximum absolute atomic E-state index is 12.9. The van der Waals surface area contributed by atoms with Crippen molar-refractivity contribution in [3.05, 3.63) is 29.8 Å². The highest BCUT2D eigenvalue weighted by Gasteiger charge is 2.44. The standard InChI is InChI=1S/C21H27N3O2/c25-20(22-17-5-6-17)16-1-3-18(4-2-16)23-21(26)24-12-15-8-13-7-14(9-15)11-19(24)10-13/h1-4,13-15,17,19H,5-12H2,(H,22,25)(H,23,26). The number of carbonyl (C=O) groups excluding carboxylic acids is 2. The zero-order valence-corrected chi connectivity index (χ0v) is 15.1. The van der Waals surface area contributed by atoms with Gasteiger partial charge in [-0.1, -0.05) is 0 Å². The number of nitrogens with one attached hydrogen (secondary N) is 2. The van der Waals surface area contributed by atoms with Crippen LogP contribution >= 0.6 is 0 Å². The van der Waals surface area contributed by atoms with Crippen molar-refractivity contribution < 1.29 is 9.59 Å². The van der Waals surface area contributed by atoms with E-state index in [1.165, 1.54) is 32.1 Å². The second-order valence-electron chi connectivity index (χ2n) is 8.84. The highest BCUT2D eigenvalue weighted by atomic mass is 16.2. The van der Waals surface area contributed by atoms with Crippen LogP contribution in [0.3, 0.4) is 0 Å². The quantitative estimate of drug-likeness (QED) is 0.872. The Morgan fingerprint density at radius 2 is 1.54 bits per heavy atom. The van der Waals surface area contributed by atoms with Crippen LogP contribution in [0.1, 0.15) is 55.3 Å². The molecule has 3 amide bonds. The number of carbonyl (C=O) groups is 2. The molecule has 0 aromatic heterocycles. The molecule has 3 saturated carbocycles. The van der Waals surface area contributed by atoms with Gasteiger partial charge in [0.15, 0.2) is 0 Å². The van der Waals surface area contributed by atoms with E-state index in [1.807, 2.05) is 12.1 Å². The second kappa shape index (κ2) is 6.29. The van der Waals surface area contributed by atoms with Crippen LogP contribution in [0.25, 0.3) is 0 Å². The summed E-state index contributed by atoms with van der Waals surface area (Å²) in [6, 6.07) is 8.05. The molecular weight excluding hydrogens is 326 g/mol. The fourth-order valence-corrected chi connectivity index (χ4v) is 5.43. The van der Waals surface area contributed by atoms with Crippen LogP contribution in [0, 0.1) is 17.8 Å². The van der Waals surface area contributed by atoms with Crippen molar-refractivity contribution in [2.75, 3.05) is 11.9 Å². The highest BCUT2D eigenvalue weighted by molar-refractivity contribution is 5.95. The average molecular weight is 353 g/mol. The molecule has 2 unspecified atom stereocenters. The summed E-state index contributed by atoms with van der Waals surface area (Å²) >= 11 is 0. The summed E-state index contributed by atoms with van der Waals surface area (Å²) in [5.41, 5.74) is 1.42. The molecule has 1 aromatic rings. The Balaban J connectivity index is 1.24. The Kier molecular flexibility index (Phi) is 3.91. The van der Waals surface area contributed by atoms with E-state index in [1.54, 1.807) is 12.1 Å². The number of amides is 3. The second-order valence-corrected chi connectivity index (χ2v) is 8.84. The van der Waals surface area contributed by atoms with Gasteiger partial charge < -0.3 is 15.5 Å². The average Bonchev–Trinajstić information content (AvgIpc) is 3.44. The van der Waals surface area contributed by atoms with E-state index >= 15 is 0 Å². The fourth-order valence-electron chi connectivity index (χ4n) is 5.43. The van der Waals surface area contributed by atoms with E-state index < -0.39 is 0 Å². The van der Waals surface area contributed by atoms with Gasteiger partial charge in [0.1, 0.15) is 0 Å². The molecule has 6 rings (SSSR count). The summed E-state index contributed by atoms with van der Waals surface area (Å²) in [6.45, 7) is 0.908. The van der Waals surface area contributed by atoms with E-state index in [0.717, 1.165) is 36.9 Å². The summed E-state index contributed by atoms with van der Waals surface area (Å²) < 4.78 is 0. The lowest BCUT2D eigenvalue weighted by atomic mass is 9.68. The van der Waals surface area contributed by atoms with Crippen molar-refractivity contribution in [1.82, 2.24) is 10.2 Å². The molecular formula is C21H27N3O2. The first-order chi connectivity index (χ1) is 12.6. The molecule has 1 aromatic carbocycles. The van der Waals surface area contributed by atoms with Gasteiger partial charge in [0, 0.05) is 29.9 Å². The Morgan fingerprint density at radius 1 is 0.885 bits per heavy atom. The normalized spacial score (nSPS) is 32.2. The zero-order valence-electron chi connectivity index (χ0n) is 15.1. The monoisotopic (exact) mass is 353 g/mol. The SMILES string of the molecule is O=C(NC1CC1)c1ccc(NC(=O)N2CC3CC4CC(C3)CC2C4)cc1. The van der Waals surface area contributed by atoms with Crippen molar-refractivity contribution >= 4 is 17.6 Å². The molecule has 0 spiro atoms. The molecule has 4 bridgehead atoms. The smallest absolute Gasteiger partial charge is 0.322 e. The van der Waals surface area contributed by atoms with Crippen LogP contribution in [0.4, 0.5) is 10.5 Å². The minimum atomic E-state index is -0.0223. The third kappa shape index (κ3) is 3.19. The first kappa shape index (κ1) is 16.2. The van der Waals surface area contributed by atoms with E-state index in [9.17, 15) is 9.59 Å². The molecule has 5 heteroatoms. The van der Waals surface area contributed by atoms with E-state index in [4.69, 9.17) is 0 Å². The number of hydrogen-bond acceptors (Lipinski definition) is 2. The molecule has 5 aliphatic rings. The van der Waals surface area contributed by atoms with Crippen LogP contribution < -0.4 is 10.6 Å². The third-order valence-electron chi connectivity index (χ3n) is 6.68. The number of anilines is 1. The van der Waals surface area contributed by atoms with Gasteiger partial charge in [0.2, 0.25) is 0 Å². The van der Waals surface area contributed by atoms with Crippen LogP contribution in [-0.2, 0) is 0 Å². The highest BCUT2D eigenvalue weighted by Crippen LogP contribution is 2.47. The molecule has 2 atom stereocenters. The molecule has 2 saturated heterocycles. The van der Waals surface area contributed by atoms with Gasteiger partial charge in [-0.25, -0.2) is 4.79 Å². The molecule has 26 heavy (non-hydrogen) atoms. The van der Waals surface area contributed by atoms with E-state index in [0.29, 0.717) is 23.6 Å². The summed E-state index contributed by atoms with van der Waals surface area (Å²) in [5, 5.41) is 6.04. The van der Waals surface area contributed by atoms with Gasteiger partial charge >= 0.3 is 6.03 Å². The van der Waals surface area contributed by atoms with Crippen molar-refractivity contribution in [3.63, 3.8) is 0 Å². The zero-order chi connectivity index (χ0) is 17.7. The van der Waals surface area contributed by atoms with Crippen LogP contribution in [0.15, 0.2) is 24.3 Å². The van der Waals surface area contributed by atoms with Crippen molar-refractivity contribution in [2.45, 2.75) is 57.0 Å². The number of rotatable bonds is 3. The minimum Gasteiger partial charge on any atom is -0.349 e. The van der Waals surface area contributed by atoms with Gasteiger partial charge in [-0.3, -0.25) is 4.79 Å². The molecule has 0 radical (unpaired) electrons. The number of urea groups is 1. The van der Waals surface area contributed by atoms with Gasteiger partial charge in [-0.15, -0.1) is 0 Å². The molecule has 2 heterocycles. The Bertz CT molecular complexity index is 698. The Labute approximate surface area is 154 Å².